The molecule has 1 aromatic heterocycles. The van der Waals surface area contributed by atoms with Crippen LogP contribution >= 0.6 is 12.2 Å². The van der Waals surface area contributed by atoms with Crippen LogP contribution < -0.4 is 11.1 Å². The molecule has 0 atom stereocenters. The van der Waals surface area contributed by atoms with Crippen molar-refractivity contribution in [3.63, 3.8) is 0 Å². The zero-order valence-corrected chi connectivity index (χ0v) is 8.80. The highest BCUT2D eigenvalue weighted by molar-refractivity contribution is 7.80. The summed E-state index contributed by atoms with van der Waals surface area (Å²) in [5.74, 6) is 0.706. The Hall–Kier alpha value is -1.20. The van der Waals surface area contributed by atoms with Crippen molar-refractivity contribution in [2.24, 2.45) is 5.73 Å². The van der Waals surface area contributed by atoms with Crippen LogP contribution in [0.2, 0.25) is 0 Å². The van der Waals surface area contributed by atoms with E-state index in [4.69, 9.17) is 22.7 Å². The zero-order valence-electron chi connectivity index (χ0n) is 7.99. The highest BCUT2D eigenvalue weighted by Gasteiger charge is 2.03. The Labute approximate surface area is 88.5 Å². The first-order valence-corrected chi connectivity index (χ1v) is 4.64. The van der Waals surface area contributed by atoms with Crippen molar-refractivity contribution >= 4 is 23.0 Å². The molecule has 3 N–H and O–H groups in total. The molecule has 0 saturated heterocycles. The van der Waals surface area contributed by atoms with Gasteiger partial charge in [-0.2, -0.15) is 0 Å². The van der Waals surface area contributed by atoms with Gasteiger partial charge in [0.25, 0.3) is 0 Å². The highest BCUT2D eigenvalue weighted by atomic mass is 32.1. The highest BCUT2D eigenvalue weighted by Crippen LogP contribution is 2.10. The van der Waals surface area contributed by atoms with Crippen molar-refractivity contribution in [1.82, 2.24) is 4.98 Å². The van der Waals surface area contributed by atoms with Crippen LogP contribution in [-0.2, 0) is 4.74 Å². The summed E-state index contributed by atoms with van der Waals surface area (Å²) < 4.78 is 4.91. The fourth-order valence-electron chi connectivity index (χ4n) is 1.02. The summed E-state index contributed by atoms with van der Waals surface area (Å²) in [5, 5.41) is 3.09. The van der Waals surface area contributed by atoms with E-state index in [1.165, 1.54) is 0 Å². The van der Waals surface area contributed by atoms with Gasteiger partial charge in [-0.1, -0.05) is 12.2 Å². The molecule has 1 rings (SSSR count). The van der Waals surface area contributed by atoms with Crippen molar-refractivity contribution in [2.45, 2.75) is 0 Å². The molecule has 0 saturated carbocycles. The Bertz CT molecular complexity index is 317. The average Bonchev–Trinajstić information content (AvgIpc) is 2.19. The number of ether oxygens (including phenoxy) is 1. The number of anilines is 1. The topological polar surface area (TPSA) is 60.2 Å². The molecular weight excluding hydrogens is 198 g/mol. The molecule has 0 unspecified atom stereocenters. The molecule has 0 amide bonds. The second-order valence-corrected chi connectivity index (χ2v) is 3.12. The first-order valence-electron chi connectivity index (χ1n) is 4.23. The first-order chi connectivity index (χ1) is 6.75. The van der Waals surface area contributed by atoms with Gasteiger partial charge < -0.3 is 15.8 Å². The van der Waals surface area contributed by atoms with Gasteiger partial charge in [0.05, 0.1) is 12.2 Å². The molecule has 0 aliphatic heterocycles. The van der Waals surface area contributed by atoms with Gasteiger partial charge in [0, 0.05) is 19.9 Å². The number of pyridine rings is 1. The zero-order chi connectivity index (χ0) is 10.4. The molecule has 0 fully saturated rings. The number of methoxy groups -OCH3 is 1. The molecule has 5 heteroatoms. The van der Waals surface area contributed by atoms with E-state index in [2.05, 4.69) is 10.3 Å². The number of aromatic nitrogens is 1. The van der Waals surface area contributed by atoms with Crippen molar-refractivity contribution in [2.75, 3.05) is 25.6 Å². The fourth-order valence-corrected chi connectivity index (χ4v) is 1.18. The van der Waals surface area contributed by atoms with E-state index >= 15 is 0 Å². The number of hydrogen-bond acceptors (Lipinski definition) is 4. The predicted octanol–water partition coefficient (Wildman–Crippen LogP) is 0.774. The Morgan fingerprint density at radius 3 is 3.14 bits per heavy atom. The van der Waals surface area contributed by atoms with E-state index in [1.54, 1.807) is 19.4 Å². The van der Waals surface area contributed by atoms with Gasteiger partial charge in [-0.3, -0.25) is 0 Å². The van der Waals surface area contributed by atoms with Gasteiger partial charge >= 0.3 is 0 Å². The number of thiocarbonyl (C=S) groups is 1. The molecule has 1 aromatic rings. The van der Waals surface area contributed by atoms with Crippen LogP contribution in [0, 0.1) is 0 Å². The van der Waals surface area contributed by atoms with Gasteiger partial charge in [-0.05, 0) is 12.1 Å². The van der Waals surface area contributed by atoms with Gasteiger partial charge in [-0.25, -0.2) is 4.98 Å². The lowest BCUT2D eigenvalue weighted by atomic mass is 10.2. The standard InChI is InChI=1S/C9H13N3OS/c1-13-6-5-12-9-7(8(10)14)3-2-4-11-9/h2-4H,5-6H2,1H3,(H2,10,14)(H,11,12). The molecule has 0 bridgehead atoms. The Morgan fingerprint density at radius 1 is 1.71 bits per heavy atom. The number of nitrogens with two attached hydrogens (primary N) is 1. The van der Waals surface area contributed by atoms with Gasteiger partial charge in [0.2, 0.25) is 0 Å². The minimum atomic E-state index is 0.345. The Kier molecular flexibility index (Phi) is 4.28. The van der Waals surface area contributed by atoms with Crippen LogP contribution in [0.15, 0.2) is 18.3 Å². The minimum absolute atomic E-state index is 0.345. The van der Waals surface area contributed by atoms with Crippen LogP contribution in [0.25, 0.3) is 0 Å². The summed E-state index contributed by atoms with van der Waals surface area (Å²) >= 11 is 4.89. The molecule has 4 nitrogen and oxygen atoms in total. The van der Waals surface area contributed by atoms with Crippen LogP contribution in [0.4, 0.5) is 5.82 Å². The predicted molar refractivity (Wildman–Crippen MR) is 60.5 cm³/mol. The third-order valence-corrected chi connectivity index (χ3v) is 1.89. The minimum Gasteiger partial charge on any atom is -0.389 e. The molecule has 0 radical (unpaired) electrons. The SMILES string of the molecule is COCCNc1ncccc1C(N)=S. The molecular formula is C9H13N3OS. The number of nitrogens with one attached hydrogen (secondary N) is 1. The fraction of sp³-hybridized carbons (Fsp3) is 0.333. The van der Waals surface area contributed by atoms with Crippen LogP contribution in [0.5, 0.6) is 0 Å². The Morgan fingerprint density at radius 2 is 2.50 bits per heavy atom. The van der Waals surface area contributed by atoms with Gasteiger partial charge in [0.1, 0.15) is 10.8 Å². The van der Waals surface area contributed by atoms with Crippen molar-refractivity contribution in [1.29, 1.82) is 0 Å². The maximum Gasteiger partial charge on any atom is 0.136 e. The van der Waals surface area contributed by atoms with E-state index in [0.717, 1.165) is 5.56 Å². The van der Waals surface area contributed by atoms with Crippen LogP contribution in [-0.4, -0.2) is 30.2 Å². The lowest BCUT2D eigenvalue weighted by Gasteiger charge is -2.08. The number of rotatable bonds is 5. The van der Waals surface area contributed by atoms with Crippen molar-refractivity contribution < 1.29 is 4.74 Å². The van der Waals surface area contributed by atoms with E-state index in [0.29, 0.717) is 24.0 Å². The van der Waals surface area contributed by atoms with E-state index < -0.39 is 0 Å². The quantitative estimate of drug-likeness (QED) is 0.556. The van der Waals surface area contributed by atoms with Crippen molar-refractivity contribution in [3.05, 3.63) is 23.9 Å². The molecule has 1 heterocycles. The molecule has 0 aromatic carbocycles. The normalized spacial score (nSPS) is 9.79. The molecule has 0 aliphatic rings. The second-order valence-electron chi connectivity index (χ2n) is 2.68. The lowest BCUT2D eigenvalue weighted by molar-refractivity contribution is 0.210. The third-order valence-electron chi connectivity index (χ3n) is 1.67. The lowest BCUT2D eigenvalue weighted by Crippen LogP contribution is -2.16. The summed E-state index contributed by atoms with van der Waals surface area (Å²) in [7, 11) is 1.65. The maximum atomic E-state index is 5.54. The summed E-state index contributed by atoms with van der Waals surface area (Å²) in [5.41, 5.74) is 6.30. The smallest absolute Gasteiger partial charge is 0.136 e. The van der Waals surface area contributed by atoms with E-state index in [1.807, 2.05) is 6.07 Å². The van der Waals surface area contributed by atoms with Crippen LogP contribution in [0.3, 0.4) is 0 Å². The molecule has 14 heavy (non-hydrogen) atoms. The number of nitrogens with zero attached hydrogens (tertiary/aromatic N) is 1. The van der Waals surface area contributed by atoms with Crippen LogP contribution in [0.1, 0.15) is 5.56 Å². The largest absolute Gasteiger partial charge is 0.389 e. The van der Waals surface area contributed by atoms with E-state index in [-0.39, 0.29) is 0 Å². The summed E-state index contributed by atoms with van der Waals surface area (Å²) in [6.45, 7) is 1.30. The molecule has 0 spiro atoms. The molecule has 0 aliphatic carbocycles. The Balaban J connectivity index is 2.69. The first kappa shape index (κ1) is 10.9. The second kappa shape index (κ2) is 5.51. The molecule has 76 valence electrons. The average molecular weight is 211 g/mol. The van der Waals surface area contributed by atoms with Gasteiger partial charge in [0.15, 0.2) is 0 Å². The van der Waals surface area contributed by atoms with Crippen molar-refractivity contribution in [3.8, 4) is 0 Å². The maximum absolute atomic E-state index is 5.54. The van der Waals surface area contributed by atoms with E-state index in [9.17, 15) is 0 Å². The summed E-state index contributed by atoms with van der Waals surface area (Å²) in [6, 6.07) is 3.64. The number of hydrogen-bond donors (Lipinski definition) is 2. The third kappa shape index (κ3) is 2.93. The summed E-state index contributed by atoms with van der Waals surface area (Å²) in [6.07, 6.45) is 1.69. The van der Waals surface area contributed by atoms with Gasteiger partial charge in [-0.15, -0.1) is 0 Å². The monoisotopic (exact) mass is 211 g/mol. The summed E-state index contributed by atoms with van der Waals surface area (Å²) in [4.78, 5) is 4.48.